The summed E-state index contributed by atoms with van der Waals surface area (Å²) in [5.74, 6) is 0.269. The Morgan fingerprint density at radius 1 is 1.71 bits per heavy atom. The van der Waals surface area contributed by atoms with Gasteiger partial charge in [-0.1, -0.05) is 11.6 Å². The zero-order valence-electron chi connectivity index (χ0n) is 9.34. The normalized spacial score (nSPS) is 24.2. The molecule has 1 saturated heterocycles. The molecule has 1 N–H and O–H groups in total. The van der Waals surface area contributed by atoms with E-state index in [9.17, 15) is 4.79 Å². The van der Waals surface area contributed by atoms with E-state index in [0.717, 1.165) is 19.5 Å². The van der Waals surface area contributed by atoms with E-state index in [1.54, 1.807) is 0 Å². The van der Waals surface area contributed by atoms with Crippen molar-refractivity contribution >= 4 is 5.91 Å². The first kappa shape index (κ1) is 11.2. The van der Waals surface area contributed by atoms with E-state index in [4.69, 9.17) is 0 Å². The fourth-order valence-corrected chi connectivity index (χ4v) is 1.59. The summed E-state index contributed by atoms with van der Waals surface area (Å²) in [6.45, 7) is 5.94. The van der Waals surface area contributed by atoms with Crippen LogP contribution in [0, 0.1) is 0 Å². The molecule has 3 nitrogen and oxygen atoms in total. The van der Waals surface area contributed by atoms with E-state index < -0.39 is 0 Å². The van der Waals surface area contributed by atoms with Crippen molar-refractivity contribution in [1.29, 1.82) is 0 Å². The molecule has 1 amide bonds. The predicted molar refractivity (Wildman–Crippen MR) is 58.1 cm³/mol. The predicted octanol–water partition coefficient (Wildman–Crippen LogP) is 1.16. The van der Waals surface area contributed by atoms with E-state index in [2.05, 4.69) is 18.3 Å². The Bertz CT molecular complexity index is 235. The molecule has 1 rings (SSSR count). The van der Waals surface area contributed by atoms with E-state index in [1.807, 2.05) is 18.9 Å². The first-order valence-electron chi connectivity index (χ1n) is 5.22. The van der Waals surface area contributed by atoms with Crippen LogP contribution < -0.4 is 5.32 Å². The summed E-state index contributed by atoms with van der Waals surface area (Å²) in [4.78, 5) is 13.0. The van der Waals surface area contributed by atoms with Crippen molar-refractivity contribution in [3.8, 4) is 0 Å². The minimum absolute atomic E-state index is 0.269. The number of nitrogens with zero attached hydrogens (tertiary/aromatic N) is 1. The van der Waals surface area contributed by atoms with Gasteiger partial charge in [0.15, 0.2) is 0 Å². The Kier molecular flexibility index (Phi) is 4.14. The van der Waals surface area contributed by atoms with Gasteiger partial charge in [0, 0.05) is 32.6 Å². The molecule has 1 aliphatic heterocycles. The van der Waals surface area contributed by atoms with Crippen molar-refractivity contribution in [1.82, 2.24) is 10.2 Å². The van der Waals surface area contributed by atoms with Crippen LogP contribution in [0.1, 0.15) is 26.7 Å². The molecule has 0 spiro atoms. The maximum atomic E-state index is 11.2. The van der Waals surface area contributed by atoms with Gasteiger partial charge in [-0.3, -0.25) is 4.79 Å². The van der Waals surface area contributed by atoms with E-state index in [-0.39, 0.29) is 5.91 Å². The Morgan fingerprint density at radius 2 is 2.43 bits per heavy atom. The van der Waals surface area contributed by atoms with Crippen LogP contribution >= 0.6 is 0 Å². The SMILES string of the molecule is C/C=C(/C)CNC1CCC(=O)N(C)C1. The number of hydrogen-bond acceptors (Lipinski definition) is 2. The van der Waals surface area contributed by atoms with Crippen LogP contribution in [0.5, 0.6) is 0 Å². The summed E-state index contributed by atoms with van der Waals surface area (Å²) in [7, 11) is 1.87. The minimum Gasteiger partial charge on any atom is -0.344 e. The smallest absolute Gasteiger partial charge is 0.222 e. The molecule has 80 valence electrons. The van der Waals surface area contributed by atoms with Crippen molar-refractivity contribution in [2.75, 3.05) is 20.1 Å². The second-order valence-corrected chi connectivity index (χ2v) is 4.03. The van der Waals surface area contributed by atoms with Crippen LogP contribution in [-0.4, -0.2) is 37.0 Å². The minimum atomic E-state index is 0.269. The molecule has 1 fully saturated rings. The quantitative estimate of drug-likeness (QED) is 0.687. The van der Waals surface area contributed by atoms with Gasteiger partial charge in [-0.25, -0.2) is 0 Å². The lowest BCUT2D eigenvalue weighted by Gasteiger charge is -2.30. The number of carbonyl (C=O) groups excluding carboxylic acids is 1. The maximum absolute atomic E-state index is 11.2. The molecular weight excluding hydrogens is 176 g/mol. The molecule has 1 unspecified atom stereocenters. The van der Waals surface area contributed by atoms with Gasteiger partial charge in [0.2, 0.25) is 5.91 Å². The summed E-state index contributed by atoms with van der Waals surface area (Å²) in [5.41, 5.74) is 1.35. The van der Waals surface area contributed by atoms with E-state index >= 15 is 0 Å². The molecule has 1 aliphatic rings. The summed E-state index contributed by atoms with van der Waals surface area (Å²) >= 11 is 0. The van der Waals surface area contributed by atoms with Gasteiger partial charge in [-0.15, -0.1) is 0 Å². The van der Waals surface area contributed by atoms with Crippen molar-refractivity contribution < 1.29 is 4.79 Å². The van der Waals surface area contributed by atoms with Gasteiger partial charge in [0.1, 0.15) is 0 Å². The summed E-state index contributed by atoms with van der Waals surface area (Å²) in [6, 6.07) is 0.465. The average Bonchev–Trinajstić information content (AvgIpc) is 2.19. The lowest BCUT2D eigenvalue weighted by Crippen LogP contribution is -2.46. The highest BCUT2D eigenvalue weighted by Gasteiger charge is 2.21. The molecule has 0 bridgehead atoms. The van der Waals surface area contributed by atoms with Crippen LogP contribution in [0.3, 0.4) is 0 Å². The maximum Gasteiger partial charge on any atom is 0.222 e. The largest absolute Gasteiger partial charge is 0.344 e. The second kappa shape index (κ2) is 5.15. The number of carbonyl (C=O) groups is 1. The zero-order chi connectivity index (χ0) is 10.6. The van der Waals surface area contributed by atoms with Gasteiger partial charge in [-0.05, 0) is 20.3 Å². The summed E-state index contributed by atoms with van der Waals surface area (Å²) in [6.07, 6.45) is 3.77. The first-order chi connectivity index (χ1) is 6.63. The highest BCUT2D eigenvalue weighted by molar-refractivity contribution is 5.76. The number of likely N-dealkylation sites (tertiary alicyclic amines) is 1. The fraction of sp³-hybridized carbons (Fsp3) is 0.727. The van der Waals surface area contributed by atoms with Gasteiger partial charge in [-0.2, -0.15) is 0 Å². The monoisotopic (exact) mass is 196 g/mol. The molecule has 0 aromatic carbocycles. The third-order valence-corrected chi connectivity index (χ3v) is 2.79. The average molecular weight is 196 g/mol. The van der Waals surface area contributed by atoms with Crippen LogP contribution in [0.15, 0.2) is 11.6 Å². The van der Waals surface area contributed by atoms with E-state index in [1.165, 1.54) is 5.57 Å². The number of allylic oxidation sites excluding steroid dienone is 1. The van der Waals surface area contributed by atoms with Crippen molar-refractivity contribution in [3.05, 3.63) is 11.6 Å². The first-order valence-corrected chi connectivity index (χ1v) is 5.22. The fourth-order valence-electron chi connectivity index (χ4n) is 1.59. The molecule has 0 aliphatic carbocycles. The number of rotatable bonds is 3. The van der Waals surface area contributed by atoms with Gasteiger partial charge in [0.25, 0.3) is 0 Å². The molecule has 1 heterocycles. The van der Waals surface area contributed by atoms with Crippen LogP contribution in [0.4, 0.5) is 0 Å². The molecule has 3 heteroatoms. The van der Waals surface area contributed by atoms with Crippen molar-refractivity contribution in [2.24, 2.45) is 0 Å². The molecule has 0 aromatic heterocycles. The topological polar surface area (TPSA) is 32.3 Å². The van der Waals surface area contributed by atoms with Crippen LogP contribution in [0.25, 0.3) is 0 Å². The number of nitrogens with one attached hydrogen (secondary N) is 1. The molecule has 1 atom stereocenters. The van der Waals surface area contributed by atoms with E-state index in [0.29, 0.717) is 12.5 Å². The van der Waals surface area contributed by atoms with Crippen LogP contribution in [0.2, 0.25) is 0 Å². The third kappa shape index (κ3) is 3.14. The molecule has 0 radical (unpaired) electrons. The van der Waals surface area contributed by atoms with Crippen molar-refractivity contribution in [2.45, 2.75) is 32.7 Å². The number of piperidine rings is 1. The van der Waals surface area contributed by atoms with Gasteiger partial charge < -0.3 is 10.2 Å². The number of hydrogen-bond donors (Lipinski definition) is 1. The highest BCUT2D eigenvalue weighted by Crippen LogP contribution is 2.09. The molecule has 0 aromatic rings. The molecule has 14 heavy (non-hydrogen) atoms. The van der Waals surface area contributed by atoms with Gasteiger partial charge in [0.05, 0.1) is 0 Å². The standard InChI is InChI=1S/C11H20N2O/c1-4-9(2)7-12-10-5-6-11(14)13(3)8-10/h4,10,12H,5-8H2,1-3H3/b9-4-. The van der Waals surface area contributed by atoms with Gasteiger partial charge >= 0.3 is 0 Å². The zero-order valence-corrected chi connectivity index (χ0v) is 9.34. The molecular formula is C11H20N2O. The molecule has 0 saturated carbocycles. The number of likely N-dealkylation sites (N-methyl/N-ethyl adjacent to an activating group) is 1. The highest BCUT2D eigenvalue weighted by atomic mass is 16.2. The Balaban J connectivity index is 2.30. The van der Waals surface area contributed by atoms with Crippen LogP contribution in [-0.2, 0) is 4.79 Å². The second-order valence-electron chi connectivity index (χ2n) is 4.03. The van der Waals surface area contributed by atoms with Crippen molar-refractivity contribution in [3.63, 3.8) is 0 Å². The summed E-state index contributed by atoms with van der Waals surface area (Å²) < 4.78 is 0. The lowest BCUT2D eigenvalue weighted by atomic mass is 10.1. The Labute approximate surface area is 86.2 Å². The Hall–Kier alpha value is -0.830. The number of amides is 1. The Morgan fingerprint density at radius 3 is 3.00 bits per heavy atom. The lowest BCUT2D eigenvalue weighted by molar-refractivity contribution is -0.132. The summed E-state index contributed by atoms with van der Waals surface area (Å²) in [5, 5.41) is 3.46. The third-order valence-electron chi connectivity index (χ3n) is 2.79.